The van der Waals surface area contributed by atoms with Gasteiger partial charge in [-0.05, 0) is 24.6 Å². The first-order valence-electron chi connectivity index (χ1n) is 4.27. The van der Waals surface area contributed by atoms with E-state index in [1.54, 1.807) is 7.11 Å². The van der Waals surface area contributed by atoms with E-state index in [0.717, 1.165) is 25.3 Å². The van der Waals surface area contributed by atoms with Gasteiger partial charge in [0.05, 0.1) is 7.11 Å². The zero-order valence-corrected chi connectivity index (χ0v) is 8.49. The first kappa shape index (κ1) is 10.4. The van der Waals surface area contributed by atoms with E-state index in [4.69, 9.17) is 4.74 Å². The quantitative estimate of drug-likeness (QED) is 0.745. The lowest BCUT2D eigenvalue weighted by molar-refractivity contribution is 0.404. The lowest BCUT2D eigenvalue weighted by Crippen LogP contribution is -2.23. The van der Waals surface area contributed by atoms with Crippen molar-refractivity contribution in [2.45, 2.75) is 13.0 Å². The molecule has 1 aliphatic heterocycles. The molecule has 1 N–H and O–H groups in total. The number of benzene rings is 1. The minimum absolute atomic E-state index is 0. The second-order valence-electron chi connectivity index (χ2n) is 3.02. The van der Waals surface area contributed by atoms with Gasteiger partial charge in [0.1, 0.15) is 5.75 Å². The number of nitrogens with one attached hydrogen (secondary N) is 1. The second-order valence-corrected chi connectivity index (χ2v) is 3.02. The normalized spacial score (nSPS) is 14.2. The van der Waals surface area contributed by atoms with Crippen LogP contribution in [0.5, 0.6) is 5.75 Å². The van der Waals surface area contributed by atoms with Crippen LogP contribution >= 0.6 is 12.4 Å². The van der Waals surface area contributed by atoms with E-state index < -0.39 is 0 Å². The van der Waals surface area contributed by atoms with E-state index in [0.29, 0.717) is 0 Å². The Morgan fingerprint density at radius 1 is 1.38 bits per heavy atom. The third-order valence-corrected chi connectivity index (χ3v) is 2.32. The lowest BCUT2D eigenvalue weighted by Gasteiger charge is -2.19. The van der Waals surface area contributed by atoms with Crippen LogP contribution in [-0.2, 0) is 13.0 Å². The standard InChI is InChI=1S/C10H13NO.ClH/c1-12-10-4-2-3-8-5-6-11-7-9(8)10;/h2-4,11H,5-7H2,1H3;1H. The van der Waals surface area contributed by atoms with Crippen molar-refractivity contribution in [2.24, 2.45) is 0 Å². The first-order valence-corrected chi connectivity index (χ1v) is 4.27. The predicted molar refractivity (Wildman–Crippen MR) is 55.7 cm³/mol. The molecule has 13 heavy (non-hydrogen) atoms. The highest BCUT2D eigenvalue weighted by molar-refractivity contribution is 5.85. The Bertz CT molecular complexity index is 274. The van der Waals surface area contributed by atoms with Gasteiger partial charge in [-0.25, -0.2) is 0 Å². The molecule has 0 saturated carbocycles. The molecule has 1 heterocycles. The molecule has 1 aromatic carbocycles. The fraction of sp³-hybridized carbons (Fsp3) is 0.400. The predicted octanol–water partition coefficient (Wildman–Crippen LogP) is 1.76. The molecule has 0 amide bonds. The van der Waals surface area contributed by atoms with Crippen LogP contribution in [-0.4, -0.2) is 13.7 Å². The topological polar surface area (TPSA) is 21.3 Å². The van der Waals surface area contributed by atoms with Gasteiger partial charge in [0.2, 0.25) is 0 Å². The molecular weight excluding hydrogens is 186 g/mol. The number of halogens is 1. The van der Waals surface area contributed by atoms with Gasteiger partial charge in [-0.1, -0.05) is 12.1 Å². The summed E-state index contributed by atoms with van der Waals surface area (Å²) in [5.41, 5.74) is 2.75. The molecule has 0 unspecified atom stereocenters. The van der Waals surface area contributed by atoms with Crippen molar-refractivity contribution in [2.75, 3.05) is 13.7 Å². The average Bonchev–Trinajstić information content (AvgIpc) is 2.17. The molecule has 0 aromatic heterocycles. The van der Waals surface area contributed by atoms with E-state index in [1.165, 1.54) is 11.1 Å². The van der Waals surface area contributed by atoms with Crippen molar-refractivity contribution in [1.29, 1.82) is 0 Å². The highest BCUT2D eigenvalue weighted by Crippen LogP contribution is 2.24. The Balaban J connectivity index is 0.000000845. The van der Waals surface area contributed by atoms with Crippen LogP contribution in [0.3, 0.4) is 0 Å². The molecule has 72 valence electrons. The summed E-state index contributed by atoms with van der Waals surface area (Å²) >= 11 is 0. The summed E-state index contributed by atoms with van der Waals surface area (Å²) in [5, 5.41) is 3.34. The smallest absolute Gasteiger partial charge is 0.123 e. The van der Waals surface area contributed by atoms with E-state index in [9.17, 15) is 0 Å². The molecule has 1 aliphatic rings. The van der Waals surface area contributed by atoms with Crippen LogP contribution in [0.4, 0.5) is 0 Å². The van der Waals surface area contributed by atoms with Gasteiger partial charge in [0.25, 0.3) is 0 Å². The molecule has 3 heteroatoms. The van der Waals surface area contributed by atoms with Crippen LogP contribution in [0.2, 0.25) is 0 Å². The Hall–Kier alpha value is -0.730. The minimum atomic E-state index is 0. The fourth-order valence-electron chi connectivity index (χ4n) is 1.67. The molecule has 0 spiro atoms. The summed E-state index contributed by atoms with van der Waals surface area (Å²) in [6.07, 6.45) is 1.12. The summed E-state index contributed by atoms with van der Waals surface area (Å²) in [4.78, 5) is 0. The van der Waals surface area contributed by atoms with Gasteiger partial charge in [-0.15, -0.1) is 12.4 Å². The maximum Gasteiger partial charge on any atom is 0.123 e. The molecule has 0 radical (unpaired) electrons. The van der Waals surface area contributed by atoms with Crippen molar-refractivity contribution in [3.63, 3.8) is 0 Å². The molecule has 0 atom stereocenters. The highest BCUT2D eigenvalue weighted by atomic mass is 35.5. The number of methoxy groups -OCH3 is 1. The van der Waals surface area contributed by atoms with Gasteiger partial charge in [0.15, 0.2) is 0 Å². The molecule has 0 fully saturated rings. The molecule has 1 aromatic rings. The third kappa shape index (κ3) is 1.95. The molecular formula is C10H14ClNO. The summed E-state index contributed by atoms with van der Waals surface area (Å²) in [6, 6.07) is 6.26. The van der Waals surface area contributed by atoms with E-state index in [2.05, 4.69) is 17.4 Å². The van der Waals surface area contributed by atoms with Crippen molar-refractivity contribution in [3.05, 3.63) is 29.3 Å². The van der Waals surface area contributed by atoms with Gasteiger partial charge in [0, 0.05) is 12.1 Å². The molecule has 2 rings (SSSR count). The minimum Gasteiger partial charge on any atom is -0.496 e. The van der Waals surface area contributed by atoms with E-state index >= 15 is 0 Å². The van der Waals surface area contributed by atoms with Crippen LogP contribution in [0.1, 0.15) is 11.1 Å². The number of hydrogen-bond acceptors (Lipinski definition) is 2. The molecule has 0 saturated heterocycles. The number of fused-ring (bicyclic) bond motifs is 1. The summed E-state index contributed by atoms with van der Waals surface area (Å²) in [5.74, 6) is 1.01. The third-order valence-electron chi connectivity index (χ3n) is 2.32. The second kappa shape index (κ2) is 4.49. The first-order chi connectivity index (χ1) is 5.92. The van der Waals surface area contributed by atoms with Gasteiger partial charge in [-0.3, -0.25) is 0 Å². The van der Waals surface area contributed by atoms with E-state index in [1.807, 2.05) is 6.07 Å². The summed E-state index contributed by atoms with van der Waals surface area (Å²) in [6.45, 7) is 2.03. The Kier molecular flexibility index (Phi) is 3.58. The van der Waals surface area contributed by atoms with E-state index in [-0.39, 0.29) is 12.4 Å². The van der Waals surface area contributed by atoms with Gasteiger partial charge >= 0.3 is 0 Å². The van der Waals surface area contributed by atoms with Crippen LogP contribution in [0, 0.1) is 0 Å². The van der Waals surface area contributed by atoms with Crippen molar-refractivity contribution < 1.29 is 4.74 Å². The van der Waals surface area contributed by atoms with Gasteiger partial charge in [-0.2, -0.15) is 0 Å². The van der Waals surface area contributed by atoms with Crippen LogP contribution < -0.4 is 10.1 Å². The van der Waals surface area contributed by atoms with Gasteiger partial charge < -0.3 is 10.1 Å². The zero-order valence-electron chi connectivity index (χ0n) is 7.67. The number of hydrogen-bond donors (Lipinski definition) is 1. The van der Waals surface area contributed by atoms with Crippen molar-refractivity contribution >= 4 is 12.4 Å². The monoisotopic (exact) mass is 199 g/mol. The number of rotatable bonds is 1. The Morgan fingerprint density at radius 3 is 3.00 bits per heavy atom. The van der Waals surface area contributed by atoms with Crippen LogP contribution in [0.15, 0.2) is 18.2 Å². The van der Waals surface area contributed by atoms with Crippen molar-refractivity contribution in [3.8, 4) is 5.75 Å². The SMILES string of the molecule is COc1cccc2c1CNCC2.Cl. The maximum absolute atomic E-state index is 5.27. The average molecular weight is 200 g/mol. The fourth-order valence-corrected chi connectivity index (χ4v) is 1.67. The molecule has 2 nitrogen and oxygen atoms in total. The maximum atomic E-state index is 5.27. The summed E-state index contributed by atoms with van der Waals surface area (Å²) in [7, 11) is 1.73. The number of ether oxygens (including phenoxy) is 1. The largest absolute Gasteiger partial charge is 0.496 e. The summed E-state index contributed by atoms with van der Waals surface area (Å²) < 4.78 is 5.27. The lowest BCUT2D eigenvalue weighted by atomic mass is 10.0. The van der Waals surface area contributed by atoms with Crippen LogP contribution in [0.25, 0.3) is 0 Å². The zero-order chi connectivity index (χ0) is 8.39. The molecule has 0 aliphatic carbocycles. The van der Waals surface area contributed by atoms with Crippen molar-refractivity contribution in [1.82, 2.24) is 5.32 Å². The highest BCUT2D eigenvalue weighted by Gasteiger charge is 2.11. The molecule has 0 bridgehead atoms. The Morgan fingerprint density at radius 2 is 2.23 bits per heavy atom. The Labute approximate surface area is 84.7 Å².